The van der Waals surface area contributed by atoms with Crippen LogP contribution in [0.1, 0.15) is 62.9 Å². The van der Waals surface area contributed by atoms with E-state index in [0.29, 0.717) is 19.6 Å². The Hall–Kier alpha value is -3.39. The summed E-state index contributed by atoms with van der Waals surface area (Å²) in [4.78, 5) is 28.4. The van der Waals surface area contributed by atoms with Crippen LogP contribution in [0.2, 0.25) is 0 Å². The van der Waals surface area contributed by atoms with Crippen molar-refractivity contribution in [2.45, 2.75) is 67.0 Å². The van der Waals surface area contributed by atoms with Crippen molar-refractivity contribution in [3.63, 3.8) is 0 Å². The minimum absolute atomic E-state index is 0. The monoisotopic (exact) mass is 520 g/mol. The van der Waals surface area contributed by atoms with E-state index in [-0.39, 0.29) is 32.3 Å². The second kappa shape index (κ2) is 12.9. The predicted octanol–water partition coefficient (Wildman–Crippen LogP) is 4.58. The third-order valence-electron chi connectivity index (χ3n) is 7.29. The van der Waals surface area contributed by atoms with Crippen LogP contribution in [0.15, 0.2) is 36.4 Å². The number of hydrazine groups is 1. The summed E-state index contributed by atoms with van der Waals surface area (Å²) in [6.07, 6.45) is 4.00. The van der Waals surface area contributed by atoms with Gasteiger partial charge in [-0.15, -0.1) is 0 Å². The number of anilines is 1. The first-order valence-corrected chi connectivity index (χ1v) is 13.4. The first kappa shape index (κ1) is 29.2. The molecule has 0 fully saturated rings. The summed E-state index contributed by atoms with van der Waals surface area (Å²) in [5.74, 6) is -0.121. The van der Waals surface area contributed by atoms with Crippen molar-refractivity contribution < 1.29 is 9.59 Å². The molecule has 2 heterocycles. The number of likely N-dealkylation sites (N-methyl/N-ethyl adjacent to an activating group) is 1. The number of amides is 2. The smallest absolute Gasteiger partial charge is 0.256 e. The highest BCUT2D eigenvalue weighted by molar-refractivity contribution is 5.91. The van der Waals surface area contributed by atoms with E-state index in [0.717, 1.165) is 53.5 Å². The topological polar surface area (TPSA) is 73.7 Å². The highest BCUT2D eigenvalue weighted by Crippen LogP contribution is 2.29. The number of unbranched alkanes of at least 4 members (excludes halogenated alkanes) is 2. The van der Waals surface area contributed by atoms with Crippen molar-refractivity contribution in [1.29, 1.82) is 0 Å². The van der Waals surface area contributed by atoms with Gasteiger partial charge in [0.2, 0.25) is 5.91 Å². The van der Waals surface area contributed by atoms with Crippen LogP contribution in [-0.4, -0.2) is 58.3 Å². The lowest BCUT2D eigenvalue weighted by molar-refractivity contribution is -0.145. The SMILES string of the molecule is C.CCCCCNC(=O)CN(CC(=O)N(C)N1Cc2ccccc2C1)c1cc2c(cc1C)c(CC)nn2C. The molecule has 0 unspecified atom stereocenters. The fraction of sp³-hybridized carbons (Fsp3) is 0.500. The Labute approximate surface area is 227 Å². The van der Waals surface area contributed by atoms with E-state index < -0.39 is 0 Å². The largest absolute Gasteiger partial charge is 0.355 e. The van der Waals surface area contributed by atoms with Gasteiger partial charge in [0.15, 0.2) is 0 Å². The van der Waals surface area contributed by atoms with Gasteiger partial charge in [0.25, 0.3) is 5.91 Å². The zero-order valence-corrected chi connectivity index (χ0v) is 22.9. The number of benzene rings is 2. The summed E-state index contributed by atoms with van der Waals surface area (Å²) in [6, 6.07) is 12.5. The molecule has 4 rings (SSSR count). The number of carbonyl (C=O) groups is 2. The van der Waals surface area contributed by atoms with Crippen LogP contribution < -0.4 is 10.2 Å². The van der Waals surface area contributed by atoms with Gasteiger partial charge in [-0.25, -0.2) is 5.01 Å². The summed E-state index contributed by atoms with van der Waals surface area (Å²) in [7, 11) is 3.76. The van der Waals surface area contributed by atoms with E-state index in [1.165, 1.54) is 11.1 Å². The lowest BCUT2D eigenvalue weighted by Gasteiger charge is -2.32. The summed E-state index contributed by atoms with van der Waals surface area (Å²) in [5, 5.41) is 12.6. The Balaban J connectivity index is 0.00000400. The molecule has 0 aliphatic carbocycles. The lowest BCUT2D eigenvalue weighted by Crippen LogP contribution is -2.48. The Morgan fingerprint density at radius 1 is 1.05 bits per heavy atom. The van der Waals surface area contributed by atoms with Crippen LogP contribution in [0.25, 0.3) is 10.9 Å². The molecule has 1 aromatic heterocycles. The van der Waals surface area contributed by atoms with Crippen LogP contribution in [0.3, 0.4) is 0 Å². The van der Waals surface area contributed by atoms with Crippen LogP contribution in [0.4, 0.5) is 5.69 Å². The Morgan fingerprint density at radius 2 is 1.74 bits per heavy atom. The van der Waals surface area contributed by atoms with E-state index in [1.54, 1.807) is 5.01 Å². The summed E-state index contributed by atoms with van der Waals surface area (Å²) in [5.41, 5.74) is 6.45. The number of carbonyl (C=O) groups excluding carboxylic acids is 2. The van der Waals surface area contributed by atoms with Gasteiger partial charge in [-0.2, -0.15) is 5.10 Å². The molecule has 206 valence electrons. The minimum atomic E-state index is -0.0705. The van der Waals surface area contributed by atoms with Gasteiger partial charge in [-0.1, -0.05) is 58.4 Å². The van der Waals surface area contributed by atoms with Gasteiger partial charge in [0.05, 0.1) is 24.3 Å². The molecule has 2 aromatic carbocycles. The molecular weight excluding hydrogens is 476 g/mol. The fourth-order valence-corrected chi connectivity index (χ4v) is 5.08. The Bertz CT molecular complexity index is 1240. The molecule has 0 atom stereocenters. The first-order valence-electron chi connectivity index (χ1n) is 13.4. The van der Waals surface area contributed by atoms with Crippen molar-refractivity contribution in [1.82, 2.24) is 25.1 Å². The van der Waals surface area contributed by atoms with Gasteiger partial charge in [-0.3, -0.25) is 19.3 Å². The summed E-state index contributed by atoms with van der Waals surface area (Å²) < 4.78 is 1.88. The molecular formula is C30H44N6O2. The maximum absolute atomic E-state index is 13.5. The molecule has 2 amide bonds. The molecule has 0 spiro atoms. The third kappa shape index (κ3) is 6.35. The quantitative estimate of drug-likeness (QED) is 0.375. The number of nitrogens with zero attached hydrogens (tertiary/aromatic N) is 5. The lowest BCUT2D eigenvalue weighted by atomic mass is 10.1. The second-order valence-electron chi connectivity index (χ2n) is 10.0. The Kier molecular flexibility index (Phi) is 9.91. The van der Waals surface area contributed by atoms with E-state index >= 15 is 0 Å². The Morgan fingerprint density at radius 3 is 2.37 bits per heavy atom. The molecule has 38 heavy (non-hydrogen) atoms. The van der Waals surface area contributed by atoms with Crippen LogP contribution in [0, 0.1) is 6.92 Å². The average molecular weight is 521 g/mol. The standard InChI is InChI=1S/C29H40N6O2.CH4/c1-6-8-11-14-30-28(36)19-34(26-16-27-24(15-21(26)3)25(7-2)31-32(27)4)20-29(37)33(5)35-17-22-12-9-10-13-23(22)18-35;/h9-10,12-13,15-16H,6-8,11,14,17-20H2,1-5H3,(H,30,36);1H4. The van der Waals surface area contributed by atoms with Crippen LogP contribution in [0.5, 0.6) is 0 Å². The van der Waals surface area contributed by atoms with Gasteiger partial charge >= 0.3 is 0 Å². The van der Waals surface area contributed by atoms with Crippen molar-refractivity contribution in [3.05, 3.63) is 58.8 Å². The highest BCUT2D eigenvalue weighted by atomic mass is 16.2. The molecule has 0 bridgehead atoms. The van der Waals surface area contributed by atoms with E-state index in [2.05, 4.69) is 53.5 Å². The number of hydrogen-bond acceptors (Lipinski definition) is 5. The number of nitrogens with one attached hydrogen (secondary N) is 1. The number of aromatic nitrogens is 2. The molecule has 1 N–H and O–H groups in total. The molecule has 8 heteroatoms. The van der Waals surface area contributed by atoms with Crippen molar-refractivity contribution in [3.8, 4) is 0 Å². The molecule has 0 saturated heterocycles. The van der Waals surface area contributed by atoms with Crippen molar-refractivity contribution in [2.75, 3.05) is 31.6 Å². The molecule has 1 aliphatic heterocycles. The number of rotatable bonds is 11. The first-order chi connectivity index (χ1) is 17.8. The van der Waals surface area contributed by atoms with Gasteiger partial charge in [0.1, 0.15) is 0 Å². The van der Waals surface area contributed by atoms with Gasteiger partial charge in [-0.05, 0) is 48.6 Å². The highest BCUT2D eigenvalue weighted by Gasteiger charge is 2.27. The van der Waals surface area contributed by atoms with Crippen molar-refractivity contribution >= 4 is 28.4 Å². The molecule has 3 aromatic rings. The zero-order chi connectivity index (χ0) is 26.5. The third-order valence-corrected chi connectivity index (χ3v) is 7.29. The van der Waals surface area contributed by atoms with E-state index in [9.17, 15) is 9.59 Å². The molecule has 0 radical (unpaired) electrons. The number of hydrogen-bond donors (Lipinski definition) is 1. The zero-order valence-electron chi connectivity index (χ0n) is 22.9. The second-order valence-corrected chi connectivity index (χ2v) is 10.0. The molecule has 0 saturated carbocycles. The maximum atomic E-state index is 13.5. The maximum Gasteiger partial charge on any atom is 0.256 e. The minimum Gasteiger partial charge on any atom is -0.355 e. The molecule has 8 nitrogen and oxygen atoms in total. The van der Waals surface area contributed by atoms with E-state index in [4.69, 9.17) is 0 Å². The van der Waals surface area contributed by atoms with Crippen LogP contribution >= 0.6 is 0 Å². The fourth-order valence-electron chi connectivity index (χ4n) is 5.08. The number of aryl methyl sites for hydroxylation is 3. The summed E-state index contributed by atoms with van der Waals surface area (Å²) in [6.45, 7) is 8.58. The average Bonchev–Trinajstić information content (AvgIpc) is 3.45. The van der Waals surface area contributed by atoms with Crippen molar-refractivity contribution in [2.24, 2.45) is 7.05 Å². The normalized spacial score (nSPS) is 12.8. The van der Waals surface area contributed by atoms with Gasteiger partial charge in [0, 0.05) is 44.8 Å². The predicted molar refractivity (Wildman–Crippen MR) is 155 cm³/mol. The number of fused-ring (bicyclic) bond motifs is 2. The molecule has 1 aliphatic rings. The summed E-state index contributed by atoms with van der Waals surface area (Å²) >= 11 is 0. The van der Waals surface area contributed by atoms with Crippen LogP contribution in [-0.2, 0) is 36.1 Å². The van der Waals surface area contributed by atoms with Gasteiger partial charge < -0.3 is 10.2 Å². The van der Waals surface area contributed by atoms with E-state index in [1.807, 2.05) is 42.7 Å².